The molecule has 1 nitrogen and oxygen atoms in total. The van der Waals surface area contributed by atoms with Crippen molar-refractivity contribution >= 4 is 11.6 Å². The Labute approximate surface area is 65.3 Å². The van der Waals surface area contributed by atoms with Crippen molar-refractivity contribution in [3.63, 3.8) is 0 Å². The number of hydrogen-bond acceptors (Lipinski definition) is 1. The van der Waals surface area contributed by atoms with E-state index in [4.69, 9.17) is 16.7 Å². The minimum absolute atomic E-state index is 0.143. The Hall–Kier alpha value is -0.530. The summed E-state index contributed by atoms with van der Waals surface area (Å²) in [6.07, 6.45) is 0.619. The Bertz CT molecular complexity index is 210. The summed E-state index contributed by atoms with van der Waals surface area (Å²) in [7, 11) is 0. The van der Waals surface area contributed by atoms with Crippen LogP contribution in [-0.4, -0.2) is 11.7 Å². The van der Waals surface area contributed by atoms with Crippen molar-refractivity contribution in [2.24, 2.45) is 0 Å². The van der Waals surface area contributed by atoms with Crippen LogP contribution in [0.1, 0.15) is 5.56 Å². The first-order chi connectivity index (χ1) is 4.84. The van der Waals surface area contributed by atoms with Crippen LogP contribution in [0.2, 0.25) is 5.02 Å². The average Bonchev–Trinajstić information content (AvgIpc) is 1.94. The van der Waals surface area contributed by atoms with Crippen LogP contribution >= 0.6 is 11.6 Å². The lowest BCUT2D eigenvalue weighted by Gasteiger charge is -1.98. The van der Waals surface area contributed by atoms with Gasteiger partial charge < -0.3 is 5.11 Å². The lowest BCUT2D eigenvalue weighted by atomic mass is 10.2. The third kappa shape index (κ3) is 1.72. The number of rotatable bonds is 2. The highest BCUT2D eigenvalue weighted by Crippen LogP contribution is 2.14. The van der Waals surface area contributed by atoms with E-state index in [-0.39, 0.29) is 6.61 Å². The molecule has 0 aliphatic rings. The van der Waals surface area contributed by atoms with E-state index in [0.717, 1.165) is 5.56 Å². The Morgan fingerprint density at radius 2 is 2.40 bits per heavy atom. The highest BCUT2D eigenvalue weighted by atomic mass is 35.5. The first-order valence-corrected chi connectivity index (χ1v) is 3.47. The second kappa shape index (κ2) is 3.59. The van der Waals surface area contributed by atoms with Crippen LogP contribution in [-0.2, 0) is 6.42 Å². The Kier molecular flexibility index (Phi) is 2.72. The monoisotopic (exact) mass is 155 g/mol. The molecule has 1 aromatic rings. The quantitative estimate of drug-likeness (QED) is 0.689. The van der Waals surface area contributed by atoms with E-state index in [9.17, 15) is 0 Å². The van der Waals surface area contributed by atoms with Gasteiger partial charge in [0.05, 0.1) is 0 Å². The molecule has 1 aromatic carbocycles. The Morgan fingerprint density at radius 3 is 3.00 bits per heavy atom. The summed E-state index contributed by atoms with van der Waals surface area (Å²) in [5, 5.41) is 9.25. The molecule has 0 saturated heterocycles. The molecule has 0 aliphatic carbocycles. The predicted octanol–water partition coefficient (Wildman–Crippen LogP) is 1.67. The van der Waals surface area contributed by atoms with Crippen LogP contribution in [0.25, 0.3) is 0 Å². The molecule has 10 heavy (non-hydrogen) atoms. The van der Waals surface area contributed by atoms with Gasteiger partial charge in [-0.15, -0.1) is 0 Å². The lowest BCUT2D eigenvalue weighted by Crippen LogP contribution is -1.90. The first kappa shape index (κ1) is 7.58. The summed E-state index contributed by atoms with van der Waals surface area (Å²) in [5.74, 6) is 0. The van der Waals surface area contributed by atoms with Gasteiger partial charge in [0, 0.05) is 11.6 Å². The van der Waals surface area contributed by atoms with Gasteiger partial charge in [0.25, 0.3) is 0 Å². The molecular weight excluding hydrogens is 148 g/mol. The van der Waals surface area contributed by atoms with E-state index in [0.29, 0.717) is 11.4 Å². The summed E-state index contributed by atoms with van der Waals surface area (Å²) in [5.41, 5.74) is 0.975. The number of aliphatic hydroxyl groups is 1. The second-order valence-electron chi connectivity index (χ2n) is 1.99. The van der Waals surface area contributed by atoms with Crippen LogP contribution in [0.4, 0.5) is 0 Å². The molecule has 0 atom stereocenters. The zero-order chi connectivity index (χ0) is 7.40. The third-order valence-corrected chi connectivity index (χ3v) is 1.63. The fraction of sp³-hybridized carbons (Fsp3) is 0.250. The molecule has 2 heteroatoms. The van der Waals surface area contributed by atoms with Crippen molar-refractivity contribution in [3.8, 4) is 0 Å². The van der Waals surface area contributed by atoms with Crippen molar-refractivity contribution in [1.29, 1.82) is 0 Å². The van der Waals surface area contributed by atoms with Gasteiger partial charge in [-0.3, -0.25) is 0 Å². The normalized spacial score (nSPS) is 9.80. The van der Waals surface area contributed by atoms with Crippen LogP contribution in [0.3, 0.4) is 0 Å². The summed E-state index contributed by atoms with van der Waals surface area (Å²) < 4.78 is 0. The van der Waals surface area contributed by atoms with Gasteiger partial charge in [-0.25, -0.2) is 0 Å². The fourth-order valence-corrected chi connectivity index (χ4v) is 0.986. The van der Waals surface area contributed by atoms with Gasteiger partial charge in [-0.2, -0.15) is 0 Å². The topological polar surface area (TPSA) is 20.2 Å². The maximum absolute atomic E-state index is 8.58. The van der Waals surface area contributed by atoms with Gasteiger partial charge >= 0.3 is 0 Å². The second-order valence-corrected chi connectivity index (χ2v) is 2.40. The molecule has 0 saturated carbocycles. The van der Waals surface area contributed by atoms with E-state index in [1.165, 1.54) is 0 Å². The van der Waals surface area contributed by atoms with E-state index in [2.05, 4.69) is 6.07 Å². The van der Waals surface area contributed by atoms with Crippen molar-refractivity contribution in [2.45, 2.75) is 6.42 Å². The van der Waals surface area contributed by atoms with Crippen molar-refractivity contribution in [1.82, 2.24) is 0 Å². The van der Waals surface area contributed by atoms with E-state index in [1.54, 1.807) is 12.1 Å². The molecule has 0 aromatic heterocycles. The maximum Gasteiger partial charge on any atom is 0.0471 e. The Morgan fingerprint density at radius 1 is 1.60 bits per heavy atom. The molecule has 0 bridgehead atoms. The van der Waals surface area contributed by atoms with Crippen LogP contribution in [0, 0.1) is 6.07 Å². The van der Waals surface area contributed by atoms with E-state index < -0.39 is 0 Å². The lowest BCUT2D eigenvalue weighted by molar-refractivity contribution is 0.299. The molecule has 0 fully saturated rings. The minimum atomic E-state index is 0.143. The largest absolute Gasteiger partial charge is 0.396 e. The van der Waals surface area contributed by atoms with Gasteiger partial charge in [-0.05, 0) is 24.1 Å². The SMILES string of the molecule is OCCc1cc[c]cc1Cl. The number of benzene rings is 1. The average molecular weight is 156 g/mol. The highest BCUT2D eigenvalue weighted by molar-refractivity contribution is 6.31. The van der Waals surface area contributed by atoms with Gasteiger partial charge in [0.15, 0.2) is 0 Å². The van der Waals surface area contributed by atoms with Crippen LogP contribution < -0.4 is 0 Å². The molecule has 0 amide bonds. The van der Waals surface area contributed by atoms with E-state index in [1.807, 2.05) is 6.07 Å². The molecule has 0 aliphatic heterocycles. The fourth-order valence-electron chi connectivity index (χ4n) is 0.765. The molecule has 53 valence electrons. The zero-order valence-electron chi connectivity index (χ0n) is 5.47. The molecule has 0 spiro atoms. The molecule has 1 N–H and O–H groups in total. The zero-order valence-corrected chi connectivity index (χ0v) is 6.23. The van der Waals surface area contributed by atoms with E-state index >= 15 is 0 Å². The third-order valence-electron chi connectivity index (χ3n) is 1.28. The molecule has 1 radical (unpaired) electrons. The smallest absolute Gasteiger partial charge is 0.0471 e. The number of hydrogen-bond donors (Lipinski definition) is 1. The first-order valence-electron chi connectivity index (χ1n) is 3.10. The van der Waals surface area contributed by atoms with Gasteiger partial charge in [-0.1, -0.05) is 23.7 Å². The van der Waals surface area contributed by atoms with Gasteiger partial charge in [0.1, 0.15) is 0 Å². The number of halogens is 1. The van der Waals surface area contributed by atoms with Crippen molar-refractivity contribution < 1.29 is 5.11 Å². The summed E-state index contributed by atoms with van der Waals surface area (Å²) in [4.78, 5) is 0. The maximum atomic E-state index is 8.58. The minimum Gasteiger partial charge on any atom is -0.396 e. The molecule has 0 heterocycles. The standard InChI is InChI=1S/C8H8ClO/c9-8-4-2-1-3-7(8)5-6-10/h1,3-4,10H,5-6H2. The van der Waals surface area contributed by atoms with Gasteiger partial charge in [0.2, 0.25) is 0 Å². The molecule has 1 rings (SSSR count). The summed E-state index contributed by atoms with van der Waals surface area (Å²) >= 11 is 5.76. The van der Waals surface area contributed by atoms with Crippen molar-refractivity contribution in [3.05, 3.63) is 34.9 Å². The van der Waals surface area contributed by atoms with Crippen LogP contribution in [0.15, 0.2) is 18.2 Å². The summed E-state index contributed by atoms with van der Waals surface area (Å²) in [6.45, 7) is 0.143. The number of aliphatic hydroxyl groups excluding tert-OH is 1. The highest BCUT2D eigenvalue weighted by Gasteiger charge is 1.95. The molecule has 0 unspecified atom stereocenters. The van der Waals surface area contributed by atoms with Crippen LogP contribution in [0.5, 0.6) is 0 Å². The van der Waals surface area contributed by atoms with Crippen molar-refractivity contribution in [2.75, 3.05) is 6.61 Å². The predicted molar refractivity (Wildman–Crippen MR) is 41.1 cm³/mol. The Balaban J connectivity index is 2.81. The molecular formula is C8H8ClO. The summed E-state index contributed by atoms with van der Waals surface area (Å²) in [6, 6.07) is 8.20.